The van der Waals surface area contributed by atoms with Crippen molar-refractivity contribution in [3.05, 3.63) is 24.1 Å². The molecule has 0 radical (unpaired) electrons. The Morgan fingerprint density at radius 2 is 1.83 bits per heavy atom. The Bertz CT molecular complexity index is 869. The van der Waals surface area contributed by atoms with E-state index in [4.69, 9.17) is 13.9 Å². The number of benzene rings is 1. The summed E-state index contributed by atoms with van der Waals surface area (Å²) in [4.78, 5) is 17.1. The molecule has 0 bridgehead atoms. The molecule has 0 atom stereocenters. The van der Waals surface area contributed by atoms with Gasteiger partial charge in [0.2, 0.25) is 24.5 Å². The number of ether oxygens (including phenoxy) is 2. The molecule has 0 N–H and O–H groups in total. The lowest BCUT2D eigenvalue weighted by atomic mass is 10.1. The van der Waals surface area contributed by atoms with E-state index in [1.54, 1.807) is 0 Å². The molecule has 2 aromatic rings. The predicted octanol–water partition coefficient (Wildman–Crippen LogP) is 2.48. The largest absolute Gasteiger partial charge is 0.454 e. The van der Waals surface area contributed by atoms with E-state index in [1.807, 2.05) is 23.1 Å². The van der Waals surface area contributed by atoms with Crippen LogP contribution in [0.15, 0.2) is 22.6 Å². The highest BCUT2D eigenvalue weighted by molar-refractivity contribution is 5.76. The number of carbonyl (C=O) groups excluding carboxylic acids is 1. The van der Waals surface area contributed by atoms with Crippen molar-refractivity contribution in [2.45, 2.75) is 44.6 Å². The van der Waals surface area contributed by atoms with Gasteiger partial charge < -0.3 is 18.8 Å². The first kappa shape index (κ1) is 18.4. The van der Waals surface area contributed by atoms with Gasteiger partial charge in [0.05, 0.1) is 0 Å². The maximum atomic E-state index is 12.6. The van der Waals surface area contributed by atoms with E-state index in [9.17, 15) is 4.79 Å². The van der Waals surface area contributed by atoms with E-state index >= 15 is 0 Å². The fourth-order valence-corrected chi connectivity index (χ4v) is 4.48. The molecule has 29 heavy (non-hydrogen) atoms. The van der Waals surface area contributed by atoms with Crippen LogP contribution in [0.3, 0.4) is 0 Å². The van der Waals surface area contributed by atoms with E-state index < -0.39 is 0 Å². The number of aryl methyl sites for hydroxylation is 1. The molecule has 1 amide bonds. The second kappa shape index (κ2) is 8.02. The van der Waals surface area contributed by atoms with E-state index in [-0.39, 0.29) is 12.7 Å². The van der Waals surface area contributed by atoms with E-state index in [2.05, 4.69) is 15.1 Å². The van der Waals surface area contributed by atoms with Gasteiger partial charge >= 0.3 is 0 Å². The van der Waals surface area contributed by atoms with Gasteiger partial charge in [0.25, 0.3) is 0 Å². The SMILES string of the molecule is O=C(CCc1nnc(-c2ccc3c(c2)OCO3)o1)N1CCN(C2CCCC2)CC1. The van der Waals surface area contributed by atoms with Crippen molar-refractivity contribution in [2.75, 3.05) is 33.0 Å². The van der Waals surface area contributed by atoms with Gasteiger partial charge in [-0.2, -0.15) is 0 Å². The number of nitrogens with zero attached hydrogens (tertiary/aromatic N) is 4. The lowest BCUT2D eigenvalue weighted by molar-refractivity contribution is -0.133. The number of hydrogen-bond donors (Lipinski definition) is 0. The molecule has 154 valence electrons. The van der Waals surface area contributed by atoms with Crippen LogP contribution in [-0.4, -0.2) is 64.9 Å². The Morgan fingerprint density at radius 3 is 2.66 bits per heavy atom. The number of amides is 1. The number of aromatic nitrogens is 2. The lowest BCUT2D eigenvalue weighted by Crippen LogP contribution is -2.51. The van der Waals surface area contributed by atoms with Crippen LogP contribution in [-0.2, 0) is 11.2 Å². The van der Waals surface area contributed by atoms with Crippen molar-refractivity contribution in [1.29, 1.82) is 0 Å². The highest BCUT2D eigenvalue weighted by atomic mass is 16.7. The molecule has 1 saturated heterocycles. The quantitative estimate of drug-likeness (QED) is 0.765. The molecule has 1 aromatic carbocycles. The van der Waals surface area contributed by atoms with Crippen LogP contribution in [0.2, 0.25) is 0 Å². The summed E-state index contributed by atoms with van der Waals surface area (Å²) in [6.07, 6.45) is 6.18. The van der Waals surface area contributed by atoms with Crippen LogP contribution < -0.4 is 9.47 Å². The van der Waals surface area contributed by atoms with Crippen LogP contribution in [0.4, 0.5) is 0 Å². The average Bonchev–Trinajstić information content (AvgIpc) is 3.53. The van der Waals surface area contributed by atoms with Crippen molar-refractivity contribution in [2.24, 2.45) is 0 Å². The smallest absolute Gasteiger partial charge is 0.247 e. The minimum atomic E-state index is 0.166. The standard InChI is InChI=1S/C21H26N4O4/c26-20(25-11-9-24(10-12-25)16-3-1-2-4-16)8-7-19-22-23-21(29-19)15-5-6-17-18(13-15)28-14-27-17/h5-6,13,16H,1-4,7-12,14H2. The highest BCUT2D eigenvalue weighted by Crippen LogP contribution is 2.35. The first-order valence-electron chi connectivity index (χ1n) is 10.5. The fourth-order valence-electron chi connectivity index (χ4n) is 4.48. The molecule has 1 aliphatic carbocycles. The molecule has 0 unspecified atom stereocenters. The zero-order chi connectivity index (χ0) is 19.6. The van der Waals surface area contributed by atoms with Crippen LogP contribution >= 0.6 is 0 Å². The van der Waals surface area contributed by atoms with Crippen molar-refractivity contribution in [3.63, 3.8) is 0 Å². The lowest BCUT2D eigenvalue weighted by Gasteiger charge is -2.38. The summed E-state index contributed by atoms with van der Waals surface area (Å²) in [6.45, 7) is 3.85. The van der Waals surface area contributed by atoms with E-state index in [0.29, 0.717) is 36.1 Å². The first-order valence-corrected chi connectivity index (χ1v) is 10.5. The molecular weight excluding hydrogens is 372 g/mol. The maximum absolute atomic E-state index is 12.6. The van der Waals surface area contributed by atoms with Crippen LogP contribution in [0.5, 0.6) is 11.5 Å². The monoisotopic (exact) mass is 398 g/mol. The minimum absolute atomic E-state index is 0.166. The van der Waals surface area contributed by atoms with Gasteiger partial charge in [0.1, 0.15) is 0 Å². The summed E-state index contributed by atoms with van der Waals surface area (Å²) in [7, 11) is 0. The first-order chi connectivity index (χ1) is 14.3. The zero-order valence-corrected chi connectivity index (χ0v) is 16.5. The Balaban J connectivity index is 1.13. The molecular formula is C21H26N4O4. The summed E-state index contributed by atoms with van der Waals surface area (Å²) in [5.74, 6) is 2.46. The minimum Gasteiger partial charge on any atom is -0.454 e. The second-order valence-electron chi connectivity index (χ2n) is 7.92. The summed E-state index contributed by atoms with van der Waals surface area (Å²) in [5, 5.41) is 8.21. The highest BCUT2D eigenvalue weighted by Gasteiger charge is 2.28. The Morgan fingerprint density at radius 1 is 1.03 bits per heavy atom. The van der Waals surface area contributed by atoms with Crippen LogP contribution in [0.25, 0.3) is 11.5 Å². The number of carbonyl (C=O) groups is 1. The van der Waals surface area contributed by atoms with Crippen LogP contribution in [0, 0.1) is 0 Å². The average molecular weight is 398 g/mol. The van der Waals surface area contributed by atoms with E-state index in [1.165, 1.54) is 25.7 Å². The van der Waals surface area contributed by atoms with Gasteiger partial charge in [-0.1, -0.05) is 12.8 Å². The van der Waals surface area contributed by atoms with Crippen molar-refractivity contribution >= 4 is 5.91 Å². The predicted molar refractivity (Wildman–Crippen MR) is 105 cm³/mol. The normalized spacial score (nSPS) is 19.8. The van der Waals surface area contributed by atoms with Gasteiger partial charge in [-0.25, -0.2) is 0 Å². The third-order valence-corrected chi connectivity index (χ3v) is 6.15. The third kappa shape index (κ3) is 3.94. The van der Waals surface area contributed by atoms with Gasteiger partial charge in [-0.05, 0) is 31.0 Å². The topological polar surface area (TPSA) is 80.9 Å². The molecule has 1 saturated carbocycles. The fraction of sp³-hybridized carbons (Fsp3) is 0.571. The number of hydrogen-bond acceptors (Lipinski definition) is 7. The molecule has 1 aromatic heterocycles. The third-order valence-electron chi connectivity index (χ3n) is 6.15. The summed E-state index contributed by atoms with van der Waals surface area (Å²) < 4.78 is 16.5. The van der Waals surface area contributed by atoms with Crippen molar-refractivity contribution < 1.29 is 18.7 Å². The number of rotatable bonds is 5. The molecule has 2 fully saturated rings. The van der Waals surface area contributed by atoms with Gasteiger partial charge in [0.15, 0.2) is 11.5 Å². The Kier molecular flexibility index (Phi) is 5.10. The molecule has 2 aliphatic heterocycles. The Hall–Kier alpha value is -2.61. The van der Waals surface area contributed by atoms with Gasteiger partial charge in [-0.3, -0.25) is 9.69 Å². The molecule has 0 spiro atoms. The van der Waals surface area contributed by atoms with Gasteiger partial charge in [0, 0.05) is 50.6 Å². The molecule has 3 aliphatic rings. The van der Waals surface area contributed by atoms with Crippen molar-refractivity contribution in [3.8, 4) is 23.0 Å². The van der Waals surface area contributed by atoms with Crippen LogP contribution in [0.1, 0.15) is 38.0 Å². The molecule has 5 rings (SSSR count). The van der Waals surface area contributed by atoms with E-state index in [0.717, 1.165) is 37.8 Å². The van der Waals surface area contributed by atoms with Gasteiger partial charge in [-0.15, -0.1) is 10.2 Å². The summed E-state index contributed by atoms with van der Waals surface area (Å²) >= 11 is 0. The zero-order valence-electron chi connectivity index (χ0n) is 16.5. The summed E-state index contributed by atoms with van der Waals surface area (Å²) in [6, 6.07) is 6.25. The number of piperazine rings is 1. The number of fused-ring (bicyclic) bond motifs is 1. The van der Waals surface area contributed by atoms with Crippen molar-refractivity contribution in [1.82, 2.24) is 20.0 Å². The maximum Gasteiger partial charge on any atom is 0.247 e. The Labute approximate surface area is 169 Å². The molecule has 3 heterocycles. The molecule has 8 heteroatoms. The summed E-state index contributed by atoms with van der Waals surface area (Å²) in [5.41, 5.74) is 0.780. The second-order valence-corrected chi connectivity index (χ2v) is 7.92. The molecule has 8 nitrogen and oxygen atoms in total.